The molecule has 1 unspecified atom stereocenters. The molecule has 0 aliphatic carbocycles. The van der Waals surface area contributed by atoms with Gasteiger partial charge in [-0.05, 0) is 19.1 Å². The van der Waals surface area contributed by atoms with Crippen LogP contribution in [0.4, 0.5) is 0 Å². The van der Waals surface area contributed by atoms with Gasteiger partial charge in [-0.25, -0.2) is 0 Å². The maximum absolute atomic E-state index is 11.3. The predicted octanol–water partition coefficient (Wildman–Crippen LogP) is 2.32. The zero-order valence-corrected chi connectivity index (χ0v) is 10.8. The standard InChI is InChI=1S/C11H14ClNO2S/c1-11(13,10(14)15-2)7-16-9-6-4-3-5-8(9)12/h3-6H,7,13H2,1-2H3. The van der Waals surface area contributed by atoms with Gasteiger partial charge in [0.1, 0.15) is 5.54 Å². The first kappa shape index (κ1) is 13.4. The number of thioether (sulfide) groups is 1. The highest BCUT2D eigenvalue weighted by Crippen LogP contribution is 2.28. The number of hydrogen-bond acceptors (Lipinski definition) is 4. The van der Waals surface area contributed by atoms with Gasteiger partial charge >= 0.3 is 5.97 Å². The van der Waals surface area contributed by atoms with Crippen molar-refractivity contribution in [1.82, 2.24) is 0 Å². The number of benzene rings is 1. The monoisotopic (exact) mass is 259 g/mol. The summed E-state index contributed by atoms with van der Waals surface area (Å²) < 4.78 is 4.62. The van der Waals surface area contributed by atoms with Gasteiger partial charge in [-0.1, -0.05) is 23.7 Å². The van der Waals surface area contributed by atoms with E-state index in [1.54, 1.807) is 13.0 Å². The number of hydrogen-bond donors (Lipinski definition) is 1. The summed E-state index contributed by atoms with van der Waals surface area (Å²) in [6.07, 6.45) is 0. The molecule has 1 atom stereocenters. The molecule has 0 saturated heterocycles. The van der Waals surface area contributed by atoms with Crippen LogP contribution >= 0.6 is 23.4 Å². The Balaban J connectivity index is 2.65. The van der Waals surface area contributed by atoms with Crippen molar-refractivity contribution in [2.45, 2.75) is 17.4 Å². The number of carbonyl (C=O) groups is 1. The third-order valence-corrected chi connectivity index (χ3v) is 3.87. The molecule has 0 radical (unpaired) electrons. The Hall–Kier alpha value is -0.710. The van der Waals surface area contributed by atoms with Crippen molar-refractivity contribution in [2.75, 3.05) is 12.9 Å². The highest BCUT2D eigenvalue weighted by molar-refractivity contribution is 7.99. The average Bonchev–Trinajstić information content (AvgIpc) is 2.27. The summed E-state index contributed by atoms with van der Waals surface area (Å²) in [4.78, 5) is 12.3. The van der Waals surface area contributed by atoms with Crippen LogP contribution in [0.5, 0.6) is 0 Å². The van der Waals surface area contributed by atoms with Crippen molar-refractivity contribution in [3.05, 3.63) is 29.3 Å². The third-order valence-electron chi connectivity index (χ3n) is 2.02. The summed E-state index contributed by atoms with van der Waals surface area (Å²) in [7, 11) is 1.33. The van der Waals surface area contributed by atoms with Crippen molar-refractivity contribution in [2.24, 2.45) is 5.73 Å². The van der Waals surface area contributed by atoms with Crippen LogP contribution in [0.1, 0.15) is 6.92 Å². The fraction of sp³-hybridized carbons (Fsp3) is 0.364. The Bertz CT molecular complexity index is 382. The van der Waals surface area contributed by atoms with Crippen LogP contribution in [0.15, 0.2) is 29.2 Å². The molecule has 1 aromatic rings. The lowest BCUT2D eigenvalue weighted by Crippen LogP contribution is -2.48. The highest BCUT2D eigenvalue weighted by Gasteiger charge is 2.29. The molecule has 0 amide bonds. The van der Waals surface area contributed by atoms with Gasteiger partial charge in [0.25, 0.3) is 0 Å². The summed E-state index contributed by atoms with van der Waals surface area (Å²) >= 11 is 7.43. The van der Waals surface area contributed by atoms with Crippen molar-refractivity contribution in [3.8, 4) is 0 Å². The fourth-order valence-electron chi connectivity index (χ4n) is 1.08. The van der Waals surface area contributed by atoms with Gasteiger partial charge < -0.3 is 10.5 Å². The first-order valence-electron chi connectivity index (χ1n) is 4.72. The van der Waals surface area contributed by atoms with Gasteiger partial charge in [-0.15, -0.1) is 11.8 Å². The zero-order chi connectivity index (χ0) is 12.2. The molecule has 0 spiro atoms. The molecule has 1 rings (SSSR count). The quantitative estimate of drug-likeness (QED) is 0.666. The van der Waals surface area contributed by atoms with E-state index in [0.717, 1.165) is 4.90 Å². The first-order valence-corrected chi connectivity index (χ1v) is 6.08. The molecular weight excluding hydrogens is 246 g/mol. The van der Waals surface area contributed by atoms with Crippen LogP contribution in [0.2, 0.25) is 5.02 Å². The highest BCUT2D eigenvalue weighted by atomic mass is 35.5. The van der Waals surface area contributed by atoms with Crippen LogP contribution in [0, 0.1) is 0 Å². The summed E-state index contributed by atoms with van der Waals surface area (Å²) in [6.45, 7) is 1.64. The predicted molar refractivity (Wildman–Crippen MR) is 66.8 cm³/mol. The zero-order valence-electron chi connectivity index (χ0n) is 9.20. The SMILES string of the molecule is COC(=O)C(C)(N)CSc1ccccc1Cl. The number of halogens is 1. The molecule has 0 aliphatic rings. The second kappa shape index (κ2) is 5.57. The van der Waals surface area contributed by atoms with Crippen LogP contribution in [0.3, 0.4) is 0 Å². The molecule has 0 bridgehead atoms. The van der Waals surface area contributed by atoms with E-state index in [-0.39, 0.29) is 0 Å². The fourth-order valence-corrected chi connectivity index (χ4v) is 2.33. The Morgan fingerprint density at radius 2 is 2.19 bits per heavy atom. The van der Waals surface area contributed by atoms with Gasteiger partial charge in [0.15, 0.2) is 0 Å². The van der Waals surface area contributed by atoms with E-state index in [4.69, 9.17) is 17.3 Å². The maximum atomic E-state index is 11.3. The lowest BCUT2D eigenvalue weighted by molar-refractivity contribution is -0.145. The lowest BCUT2D eigenvalue weighted by Gasteiger charge is -2.20. The van der Waals surface area contributed by atoms with Crippen LogP contribution in [-0.2, 0) is 9.53 Å². The van der Waals surface area contributed by atoms with Gasteiger partial charge in [0.2, 0.25) is 0 Å². The van der Waals surface area contributed by atoms with Gasteiger partial charge in [-0.3, -0.25) is 4.79 Å². The summed E-state index contributed by atoms with van der Waals surface area (Å²) in [5, 5.41) is 0.660. The minimum Gasteiger partial charge on any atom is -0.468 e. The van der Waals surface area contributed by atoms with E-state index < -0.39 is 11.5 Å². The number of rotatable bonds is 4. The second-order valence-electron chi connectivity index (χ2n) is 3.63. The van der Waals surface area contributed by atoms with E-state index in [9.17, 15) is 4.79 Å². The van der Waals surface area contributed by atoms with Gasteiger partial charge in [-0.2, -0.15) is 0 Å². The molecular formula is C11H14ClNO2S. The van der Waals surface area contributed by atoms with Crippen LogP contribution in [-0.4, -0.2) is 24.4 Å². The van der Waals surface area contributed by atoms with E-state index in [0.29, 0.717) is 10.8 Å². The average molecular weight is 260 g/mol. The second-order valence-corrected chi connectivity index (χ2v) is 5.05. The molecule has 0 aliphatic heterocycles. The number of methoxy groups -OCH3 is 1. The molecule has 3 nitrogen and oxygen atoms in total. The van der Waals surface area contributed by atoms with E-state index >= 15 is 0 Å². The van der Waals surface area contributed by atoms with Crippen molar-refractivity contribution in [3.63, 3.8) is 0 Å². The number of carbonyl (C=O) groups excluding carboxylic acids is 1. The first-order chi connectivity index (χ1) is 7.47. The maximum Gasteiger partial charge on any atom is 0.326 e. The van der Waals surface area contributed by atoms with Crippen LogP contribution < -0.4 is 5.73 Å². The molecule has 1 aromatic carbocycles. The Kier molecular flexibility index (Phi) is 4.65. The minimum atomic E-state index is -1.00. The molecule has 2 N–H and O–H groups in total. The Labute approximate surface area is 104 Å². The number of ether oxygens (including phenoxy) is 1. The third kappa shape index (κ3) is 3.40. The van der Waals surface area contributed by atoms with Crippen LogP contribution in [0.25, 0.3) is 0 Å². The minimum absolute atomic E-state index is 0.420. The molecule has 5 heteroatoms. The number of esters is 1. The molecule has 0 saturated carbocycles. The van der Waals surface area contributed by atoms with E-state index in [1.807, 2.05) is 18.2 Å². The molecule has 0 aromatic heterocycles. The van der Waals surface area contributed by atoms with Crippen molar-refractivity contribution >= 4 is 29.3 Å². The van der Waals surface area contributed by atoms with E-state index in [1.165, 1.54) is 18.9 Å². The van der Waals surface area contributed by atoms with Gasteiger partial charge in [0, 0.05) is 10.6 Å². The van der Waals surface area contributed by atoms with Crippen molar-refractivity contribution in [1.29, 1.82) is 0 Å². The Morgan fingerprint density at radius 1 is 1.56 bits per heavy atom. The molecule has 88 valence electrons. The smallest absolute Gasteiger partial charge is 0.326 e. The largest absolute Gasteiger partial charge is 0.468 e. The topological polar surface area (TPSA) is 52.3 Å². The summed E-state index contributed by atoms with van der Waals surface area (Å²) in [5.74, 6) is -0.00398. The normalized spacial score (nSPS) is 14.2. The molecule has 0 heterocycles. The molecule has 0 fully saturated rings. The summed E-state index contributed by atoms with van der Waals surface area (Å²) in [5.41, 5.74) is 4.83. The lowest BCUT2D eigenvalue weighted by atomic mass is 10.1. The summed E-state index contributed by atoms with van der Waals surface area (Å²) in [6, 6.07) is 7.44. The molecule has 16 heavy (non-hydrogen) atoms. The van der Waals surface area contributed by atoms with E-state index in [2.05, 4.69) is 4.74 Å². The van der Waals surface area contributed by atoms with Crippen molar-refractivity contribution < 1.29 is 9.53 Å². The Morgan fingerprint density at radius 3 is 2.75 bits per heavy atom. The number of nitrogens with two attached hydrogens (primary N) is 1. The van der Waals surface area contributed by atoms with Gasteiger partial charge in [0.05, 0.1) is 12.1 Å².